The summed E-state index contributed by atoms with van der Waals surface area (Å²) in [4.78, 5) is 3.36. The van der Waals surface area contributed by atoms with Gasteiger partial charge in [0.05, 0.1) is 54.1 Å². The standard InChI is InChI=1S/C46H42IN2O8Si2.U/c1-58(2,3)28-15-11-26(12-16-28)48(39-38(47)43(54)45(56)46(57)44(39)55)32-21-9-24-8-20-31-33(22-10-25-7-19-30(32)36(24)37(25)31)49(27-13-17-29(18-14-27)59(4,5)6)40-41(52)34(50)23-35(51)42(40)53;/h7-22,50-57H,1-6H3;/q-1;. The van der Waals surface area contributed by atoms with Crippen LogP contribution in [-0.2, 0) is 0 Å². The summed E-state index contributed by atoms with van der Waals surface area (Å²) in [6, 6.07) is 33.5. The Kier molecular flexibility index (Phi) is 11.1. The molecule has 8 aromatic rings. The molecule has 8 aromatic carbocycles. The molecule has 0 fully saturated rings. The van der Waals surface area contributed by atoms with Crippen molar-refractivity contribution in [2.24, 2.45) is 0 Å². The van der Waals surface area contributed by atoms with Gasteiger partial charge < -0.3 is 50.7 Å². The van der Waals surface area contributed by atoms with Crippen LogP contribution >= 0.6 is 22.6 Å². The zero-order chi connectivity index (χ0) is 42.5. The van der Waals surface area contributed by atoms with Crippen LogP contribution in [0.2, 0.25) is 39.3 Å². The molecule has 0 saturated heterocycles. The van der Waals surface area contributed by atoms with Gasteiger partial charge in [0.25, 0.3) is 0 Å². The Bertz CT molecular complexity index is 2920. The second kappa shape index (κ2) is 15.5. The fourth-order valence-electron chi connectivity index (χ4n) is 7.80. The van der Waals surface area contributed by atoms with Crippen molar-refractivity contribution < 1.29 is 72.0 Å². The number of rotatable bonds is 8. The van der Waals surface area contributed by atoms with Crippen molar-refractivity contribution in [2.75, 3.05) is 9.80 Å². The van der Waals surface area contributed by atoms with Gasteiger partial charge in [0.15, 0.2) is 11.5 Å². The van der Waals surface area contributed by atoms with Gasteiger partial charge in [-0.3, -0.25) is 0 Å². The molecule has 0 radical (unpaired) electrons. The smallest absolute Gasteiger partial charge is 0.206 e. The third kappa shape index (κ3) is 7.01. The van der Waals surface area contributed by atoms with Gasteiger partial charge in [-0.05, 0) is 80.5 Å². The third-order valence-corrected chi connectivity index (χ3v) is 16.1. The molecule has 0 bridgehead atoms. The first kappa shape index (κ1) is 43.1. The fraction of sp³-hybridized carbons (Fsp3) is 0.130. The molecule has 0 spiro atoms. The summed E-state index contributed by atoms with van der Waals surface area (Å²) in [6.07, 6.45) is 0. The van der Waals surface area contributed by atoms with Crippen molar-refractivity contribution in [2.45, 2.75) is 39.3 Å². The molecule has 0 aliphatic rings. The molecule has 0 heterocycles. The maximum absolute atomic E-state index is 11.5. The van der Waals surface area contributed by atoms with Gasteiger partial charge in [-0.25, -0.2) is 0 Å². The number of halogens is 1. The molecule has 0 amide bonds. The number of anilines is 6. The normalized spacial score (nSPS) is 12.0. The van der Waals surface area contributed by atoms with E-state index in [0.717, 1.165) is 26.9 Å². The predicted molar refractivity (Wildman–Crippen MR) is 250 cm³/mol. The molecule has 0 aliphatic heterocycles. The molecular formula is C46H42IN2O8Si2U-. The molecule has 0 saturated carbocycles. The number of phenolic OH excluding ortho intramolecular Hbond substituents is 8. The second-order valence-corrected chi connectivity index (χ2v) is 28.0. The van der Waals surface area contributed by atoms with Crippen molar-refractivity contribution in [1.29, 1.82) is 0 Å². The van der Waals surface area contributed by atoms with Crippen LogP contribution in [0.1, 0.15) is 0 Å². The quantitative estimate of drug-likeness (QED) is 0.0183. The second-order valence-electron chi connectivity index (χ2n) is 16.8. The SMILES string of the molecule is C[Si](C)(C)c1ccc(N(c2c(O)c(O)[c-]c(O)c2O)c2ccc3ccc4c(N(c5ccc([Si](C)(C)C)cc5)c5c(O)c(O)c(O)c(O)c5I)ccc5ccc2c3c54)cc1.[U]. The van der Waals surface area contributed by atoms with Crippen LogP contribution in [0.25, 0.3) is 32.3 Å². The largest absolute Gasteiger partial charge is 0.560 e. The van der Waals surface area contributed by atoms with E-state index in [2.05, 4.69) is 45.3 Å². The van der Waals surface area contributed by atoms with Crippen LogP contribution in [0.3, 0.4) is 0 Å². The van der Waals surface area contributed by atoms with Crippen LogP contribution in [0, 0.1) is 40.7 Å². The summed E-state index contributed by atoms with van der Waals surface area (Å²) in [5.74, 6) is -5.70. The topological polar surface area (TPSA) is 168 Å². The van der Waals surface area contributed by atoms with Crippen molar-refractivity contribution in [3.05, 3.63) is 107 Å². The zero-order valence-electron chi connectivity index (χ0n) is 33.6. The molecule has 0 atom stereocenters. The minimum atomic E-state index is -1.73. The number of aromatic hydroxyl groups is 8. The Balaban J connectivity index is 0.00000544. The molecule has 8 rings (SSSR count). The van der Waals surface area contributed by atoms with E-state index in [1.165, 1.54) is 10.4 Å². The van der Waals surface area contributed by atoms with Crippen molar-refractivity contribution >= 4 is 116 Å². The molecule has 0 unspecified atom stereocenters. The molecule has 10 nitrogen and oxygen atoms in total. The first-order valence-electron chi connectivity index (χ1n) is 18.9. The zero-order valence-corrected chi connectivity index (χ0v) is 41.9. The van der Waals surface area contributed by atoms with Gasteiger partial charge in [-0.1, -0.05) is 116 Å². The fourth-order valence-corrected chi connectivity index (χ4v) is 10.9. The Labute approximate surface area is 386 Å². The molecular weight excluding hydrogens is 1130 g/mol. The maximum atomic E-state index is 11.5. The Morgan fingerprint density at radius 1 is 0.433 bits per heavy atom. The van der Waals surface area contributed by atoms with E-state index < -0.39 is 62.1 Å². The summed E-state index contributed by atoms with van der Waals surface area (Å²) >= 11 is 1.85. The van der Waals surface area contributed by atoms with Gasteiger partial charge in [-0.2, -0.15) is 0 Å². The Morgan fingerprint density at radius 3 is 1.20 bits per heavy atom. The third-order valence-electron chi connectivity index (χ3n) is 11.0. The van der Waals surface area contributed by atoms with Gasteiger partial charge in [0.2, 0.25) is 11.5 Å². The average Bonchev–Trinajstić information content (AvgIpc) is 3.20. The summed E-state index contributed by atoms with van der Waals surface area (Å²) in [7, 11) is -3.45. The number of phenols is 8. The van der Waals surface area contributed by atoms with Crippen LogP contribution in [0.15, 0.2) is 97.1 Å². The van der Waals surface area contributed by atoms with Crippen molar-refractivity contribution in [1.82, 2.24) is 0 Å². The summed E-state index contributed by atoms with van der Waals surface area (Å²) in [6.45, 7) is 13.4. The van der Waals surface area contributed by atoms with E-state index in [4.69, 9.17) is 0 Å². The van der Waals surface area contributed by atoms with Gasteiger partial charge in [-0.15, -0.1) is 0 Å². The first-order valence-corrected chi connectivity index (χ1v) is 26.9. The van der Waals surface area contributed by atoms with E-state index >= 15 is 0 Å². The summed E-state index contributed by atoms with van der Waals surface area (Å²) < 4.78 is 0.111. The Hall–Kier alpha value is -4.98. The minimum Gasteiger partial charge on any atom is -0.560 e. The molecule has 304 valence electrons. The van der Waals surface area contributed by atoms with E-state index in [1.54, 1.807) is 9.80 Å². The van der Waals surface area contributed by atoms with E-state index in [0.29, 0.717) is 28.1 Å². The monoisotopic (exact) mass is 1170 g/mol. The van der Waals surface area contributed by atoms with Gasteiger partial charge in [0.1, 0.15) is 5.69 Å². The molecule has 60 heavy (non-hydrogen) atoms. The van der Waals surface area contributed by atoms with Crippen LogP contribution in [0.5, 0.6) is 46.0 Å². The number of nitrogens with zero attached hydrogens (tertiary/aromatic N) is 2. The first-order chi connectivity index (χ1) is 27.8. The van der Waals surface area contributed by atoms with Crippen LogP contribution < -0.4 is 20.2 Å². The molecule has 0 aliphatic carbocycles. The van der Waals surface area contributed by atoms with E-state index in [-0.39, 0.29) is 46.1 Å². The van der Waals surface area contributed by atoms with Crippen LogP contribution in [-0.4, -0.2) is 57.0 Å². The molecule has 0 aromatic heterocycles. The molecule has 8 N–H and O–H groups in total. The number of hydrogen-bond donors (Lipinski definition) is 8. The number of hydrogen-bond acceptors (Lipinski definition) is 10. The Morgan fingerprint density at radius 2 is 0.800 bits per heavy atom. The average molecular weight is 1170 g/mol. The van der Waals surface area contributed by atoms with Gasteiger partial charge in [0, 0.05) is 58.9 Å². The molecule has 14 heteroatoms. The summed E-state index contributed by atoms with van der Waals surface area (Å²) in [5, 5.41) is 95.2. The number of benzene rings is 8. The minimum absolute atomic E-state index is 0. The van der Waals surface area contributed by atoms with E-state index in [1.807, 2.05) is 120 Å². The maximum Gasteiger partial charge on any atom is 0.206 e. The van der Waals surface area contributed by atoms with Gasteiger partial charge >= 0.3 is 0 Å². The van der Waals surface area contributed by atoms with Crippen molar-refractivity contribution in [3.63, 3.8) is 0 Å². The van der Waals surface area contributed by atoms with E-state index in [9.17, 15) is 40.9 Å². The van der Waals surface area contributed by atoms with Crippen LogP contribution in [0.4, 0.5) is 34.1 Å². The predicted octanol–water partition coefficient (Wildman–Crippen LogP) is 10.7. The van der Waals surface area contributed by atoms with Crippen molar-refractivity contribution in [3.8, 4) is 46.0 Å². The summed E-state index contributed by atoms with van der Waals surface area (Å²) in [5.41, 5.74) is 2.11.